The number of benzene rings is 1. The van der Waals surface area contributed by atoms with E-state index in [2.05, 4.69) is 10.4 Å². The first kappa shape index (κ1) is 15.5. The van der Waals surface area contributed by atoms with Gasteiger partial charge in [-0.15, -0.1) is 0 Å². The van der Waals surface area contributed by atoms with Gasteiger partial charge in [-0.25, -0.2) is 4.68 Å². The molecule has 1 unspecified atom stereocenters. The van der Waals surface area contributed by atoms with Crippen LogP contribution in [-0.4, -0.2) is 33.4 Å². The number of nitrogens with zero attached hydrogens (tertiary/aromatic N) is 2. The minimum absolute atomic E-state index is 0.0834. The number of rotatable bonds is 5. The van der Waals surface area contributed by atoms with Crippen LogP contribution in [-0.2, 0) is 0 Å². The van der Waals surface area contributed by atoms with Crippen LogP contribution >= 0.6 is 11.6 Å². The zero-order valence-electron chi connectivity index (χ0n) is 12.0. The second-order valence-electron chi connectivity index (χ2n) is 4.77. The standard InChI is InChI=1S/C15H18ClN3O2/c1-3-11(9-20)18-15(21)12-8-17-19(10(12)2)14-7-5-4-6-13(14)16/h4-8,11,20H,3,9H2,1-2H3,(H,18,21). The topological polar surface area (TPSA) is 67.2 Å². The fraction of sp³-hybridized carbons (Fsp3) is 0.333. The first-order valence-electron chi connectivity index (χ1n) is 6.79. The van der Waals surface area contributed by atoms with Crippen molar-refractivity contribution in [2.45, 2.75) is 26.3 Å². The zero-order valence-corrected chi connectivity index (χ0v) is 12.8. The van der Waals surface area contributed by atoms with Gasteiger partial charge in [0.2, 0.25) is 0 Å². The number of hydrogen-bond donors (Lipinski definition) is 2. The van der Waals surface area contributed by atoms with Gasteiger partial charge >= 0.3 is 0 Å². The van der Waals surface area contributed by atoms with Crippen molar-refractivity contribution in [1.29, 1.82) is 0 Å². The van der Waals surface area contributed by atoms with Gasteiger partial charge in [-0.3, -0.25) is 4.79 Å². The number of carbonyl (C=O) groups excluding carboxylic acids is 1. The average molecular weight is 308 g/mol. The molecule has 112 valence electrons. The Morgan fingerprint density at radius 2 is 2.19 bits per heavy atom. The maximum atomic E-state index is 12.2. The van der Waals surface area contributed by atoms with Crippen LogP contribution in [0.3, 0.4) is 0 Å². The highest BCUT2D eigenvalue weighted by molar-refractivity contribution is 6.32. The molecule has 1 amide bonds. The SMILES string of the molecule is CCC(CO)NC(=O)c1cnn(-c2ccccc2Cl)c1C. The molecule has 1 aromatic carbocycles. The predicted molar refractivity (Wildman–Crippen MR) is 81.9 cm³/mol. The highest BCUT2D eigenvalue weighted by atomic mass is 35.5. The molecule has 0 fully saturated rings. The second-order valence-corrected chi connectivity index (χ2v) is 5.18. The van der Waals surface area contributed by atoms with Crippen molar-refractivity contribution in [3.8, 4) is 5.69 Å². The van der Waals surface area contributed by atoms with Crippen LogP contribution < -0.4 is 5.32 Å². The van der Waals surface area contributed by atoms with Crippen LogP contribution in [0.4, 0.5) is 0 Å². The van der Waals surface area contributed by atoms with E-state index in [4.69, 9.17) is 16.7 Å². The van der Waals surface area contributed by atoms with Gasteiger partial charge < -0.3 is 10.4 Å². The molecule has 1 heterocycles. The molecule has 2 aromatic rings. The average Bonchev–Trinajstić information content (AvgIpc) is 2.87. The quantitative estimate of drug-likeness (QED) is 0.891. The molecule has 2 N–H and O–H groups in total. The monoisotopic (exact) mass is 307 g/mol. The third kappa shape index (κ3) is 3.25. The minimum Gasteiger partial charge on any atom is -0.394 e. The Morgan fingerprint density at radius 1 is 1.48 bits per heavy atom. The van der Waals surface area contributed by atoms with Gasteiger partial charge in [0.1, 0.15) is 0 Å². The van der Waals surface area contributed by atoms with Gasteiger partial charge in [0.25, 0.3) is 5.91 Å². The molecular weight excluding hydrogens is 290 g/mol. The van der Waals surface area contributed by atoms with Gasteiger partial charge in [-0.1, -0.05) is 30.7 Å². The number of hydrogen-bond acceptors (Lipinski definition) is 3. The summed E-state index contributed by atoms with van der Waals surface area (Å²) in [7, 11) is 0. The predicted octanol–water partition coefficient (Wildman–Crippen LogP) is 2.33. The Morgan fingerprint density at radius 3 is 2.81 bits per heavy atom. The van der Waals surface area contributed by atoms with Crippen molar-refractivity contribution in [2.24, 2.45) is 0 Å². The Kier molecular flexibility index (Phi) is 4.98. The fourth-order valence-corrected chi connectivity index (χ4v) is 2.25. The van der Waals surface area contributed by atoms with Gasteiger partial charge in [0, 0.05) is 0 Å². The maximum absolute atomic E-state index is 12.2. The van der Waals surface area contributed by atoms with E-state index in [0.717, 1.165) is 5.69 Å². The number of halogens is 1. The lowest BCUT2D eigenvalue weighted by Gasteiger charge is -2.13. The van der Waals surface area contributed by atoms with Crippen LogP contribution in [0.5, 0.6) is 0 Å². The summed E-state index contributed by atoms with van der Waals surface area (Å²) in [5.41, 5.74) is 1.90. The lowest BCUT2D eigenvalue weighted by Crippen LogP contribution is -2.37. The Hall–Kier alpha value is -1.85. The molecule has 5 nitrogen and oxygen atoms in total. The summed E-state index contributed by atoms with van der Waals surface area (Å²) in [4.78, 5) is 12.2. The molecule has 21 heavy (non-hydrogen) atoms. The molecule has 1 atom stereocenters. The smallest absolute Gasteiger partial charge is 0.255 e. The molecule has 6 heteroatoms. The highest BCUT2D eigenvalue weighted by Gasteiger charge is 2.18. The molecule has 0 aliphatic rings. The number of nitrogens with one attached hydrogen (secondary N) is 1. The molecule has 0 radical (unpaired) electrons. The highest BCUT2D eigenvalue weighted by Crippen LogP contribution is 2.22. The number of aromatic nitrogens is 2. The Bertz CT molecular complexity index is 636. The van der Waals surface area contributed by atoms with E-state index < -0.39 is 0 Å². The van der Waals surface area contributed by atoms with E-state index in [0.29, 0.717) is 22.7 Å². The van der Waals surface area contributed by atoms with E-state index in [9.17, 15) is 4.79 Å². The van der Waals surface area contributed by atoms with Crippen molar-refractivity contribution in [2.75, 3.05) is 6.61 Å². The molecular formula is C15H18ClN3O2. The number of amides is 1. The van der Waals surface area contributed by atoms with E-state index in [1.54, 1.807) is 10.7 Å². The van der Waals surface area contributed by atoms with Gasteiger partial charge in [-0.05, 0) is 25.5 Å². The summed E-state index contributed by atoms with van der Waals surface area (Å²) in [6.45, 7) is 3.63. The van der Waals surface area contributed by atoms with Crippen molar-refractivity contribution in [3.63, 3.8) is 0 Å². The summed E-state index contributed by atoms with van der Waals surface area (Å²) in [6.07, 6.45) is 2.18. The molecule has 0 spiro atoms. The zero-order chi connectivity index (χ0) is 15.4. The van der Waals surface area contributed by atoms with Crippen LogP contribution in [0, 0.1) is 6.92 Å². The molecule has 0 aliphatic carbocycles. The number of aliphatic hydroxyl groups is 1. The van der Waals surface area contributed by atoms with Gasteiger partial charge in [0.15, 0.2) is 0 Å². The van der Waals surface area contributed by atoms with E-state index in [-0.39, 0.29) is 18.6 Å². The lowest BCUT2D eigenvalue weighted by atomic mass is 10.2. The molecule has 2 rings (SSSR count). The van der Waals surface area contributed by atoms with Crippen LogP contribution in [0.1, 0.15) is 29.4 Å². The summed E-state index contributed by atoms with van der Waals surface area (Å²) < 4.78 is 1.64. The summed E-state index contributed by atoms with van der Waals surface area (Å²) in [5, 5.41) is 16.7. The molecule has 1 aromatic heterocycles. The van der Waals surface area contributed by atoms with E-state index in [1.807, 2.05) is 32.0 Å². The number of carbonyl (C=O) groups is 1. The maximum Gasteiger partial charge on any atom is 0.255 e. The summed E-state index contributed by atoms with van der Waals surface area (Å²) in [5.74, 6) is -0.244. The molecule has 0 bridgehead atoms. The van der Waals surface area contributed by atoms with Crippen molar-refractivity contribution in [1.82, 2.24) is 15.1 Å². The summed E-state index contributed by atoms with van der Waals surface area (Å²) in [6, 6.07) is 7.07. The Balaban J connectivity index is 2.29. The summed E-state index contributed by atoms with van der Waals surface area (Å²) >= 11 is 6.15. The van der Waals surface area contributed by atoms with E-state index >= 15 is 0 Å². The minimum atomic E-state index is -0.249. The second kappa shape index (κ2) is 6.74. The number of para-hydroxylation sites is 1. The molecule has 0 aliphatic heterocycles. The Labute approximate surface area is 128 Å². The largest absolute Gasteiger partial charge is 0.394 e. The van der Waals surface area contributed by atoms with Crippen LogP contribution in [0.2, 0.25) is 5.02 Å². The first-order valence-corrected chi connectivity index (χ1v) is 7.17. The van der Waals surface area contributed by atoms with Gasteiger partial charge in [0.05, 0.1) is 40.8 Å². The number of aliphatic hydroxyl groups excluding tert-OH is 1. The fourth-order valence-electron chi connectivity index (χ4n) is 2.04. The molecule has 0 saturated heterocycles. The first-order chi connectivity index (χ1) is 10.1. The van der Waals surface area contributed by atoms with Gasteiger partial charge in [-0.2, -0.15) is 5.10 Å². The van der Waals surface area contributed by atoms with Crippen molar-refractivity contribution in [3.05, 3.63) is 46.7 Å². The normalized spacial score (nSPS) is 12.2. The lowest BCUT2D eigenvalue weighted by molar-refractivity contribution is 0.0914. The van der Waals surface area contributed by atoms with Crippen molar-refractivity contribution >= 4 is 17.5 Å². The van der Waals surface area contributed by atoms with Crippen LogP contribution in [0.25, 0.3) is 5.69 Å². The van der Waals surface area contributed by atoms with Crippen molar-refractivity contribution < 1.29 is 9.90 Å². The third-order valence-corrected chi connectivity index (χ3v) is 3.70. The van der Waals surface area contributed by atoms with E-state index in [1.165, 1.54) is 6.20 Å². The van der Waals surface area contributed by atoms with Crippen LogP contribution in [0.15, 0.2) is 30.5 Å². The third-order valence-electron chi connectivity index (χ3n) is 3.38. The molecule has 0 saturated carbocycles.